The molecule has 1 saturated heterocycles. The fourth-order valence-corrected chi connectivity index (χ4v) is 6.73. The summed E-state index contributed by atoms with van der Waals surface area (Å²) in [7, 11) is -2.43. The topological polar surface area (TPSA) is 79.6 Å². The fourth-order valence-electron chi connectivity index (χ4n) is 4.73. The predicted molar refractivity (Wildman–Crippen MR) is 143 cm³/mol. The Balaban J connectivity index is 1.39. The highest BCUT2D eigenvalue weighted by Crippen LogP contribution is 2.36. The monoisotopic (exact) mass is 561 g/mol. The Morgan fingerprint density at radius 3 is 2.63 bits per heavy atom. The molecule has 198 valence electrons. The molecular weight excluding hydrogens is 538 g/mol. The van der Waals surface area contributed by atoms with Gasteiger partial charge >= 0.3 is 6.18 Å². The highest BCUT2D eigenvalue weighted by Gasteiger charge is 2.39. The Kier molecular flexibility index (Phi) is 7.14. The highest BCUT2D eigenvalue weighted by molar-refractivity contribution is 7.89. The van der Waals surface area contributed by atoms with Crippen LogP contribution >= 0.6 is 11.6 Å². The molecule has 13 heteroatoms. The summed E-state index contributed by atoms with van der Waals surface area (Å²) in [4.78, 5) is 4.01. The molecule has 1 unspecified atom stereocenters. The van der Waals surface area contributed by atoms with Crippen molar-refractivity contribution in [3.8, 4) is 11.3 Å². The summed E-state index contributed by atoms with van der Waals surface area (Å²) < 4.78 is 69.9. The minimum absolute atomic E-state index is 0.102. The van der Waals surface area contributed by atoms with Gasteiger partial charge in [0.05, 0.1) is 16.2 Å². The van der Waals surface area contributed by atoms with Crippen molar-refractivity contribution in [2.75, 3.05) is 25.0 Å². The van der Waals surface area contributed by atoms with Gasteiger partial charge in [-0.05, 0) is 42.4 Å². The van der Waals surface area contributed by atoms with Crippen LogP contribution in [0.25, 0.3) is 16.9 Å². The van der Waals surface area contributed by atoms with Gasteiger partial charge in [-0.15, -0.1) is 0 Å². The minimum Gasteiger partial charge on any atom is -0.370 e. The van der Waals surface area contributed by atoms with Crippen molar-refractivity contribution >= 4 is 46.4 Å². The molecule has 0 saturated carbocycles. The van der Waals surface area contributed by atoms with Gasteiger partial charge in [0.25, 0.3) is 0 Å². The Bertz CT molecular complexity index is 1600. The maximum Gasteiger partial charge on any atom is 0.417 e. The summed E-state index contributed by atoms with van der Waals surface area (Å²) in [6, 6.07) is 13.5. The maximum atomic E-state index is 13.5. The van der Waals surface area contributed by atoms with E-state index in [0.29, 0.717) is 35.1 Å². The molecule has 1 N–H and O–H groups in total. The Morgan fingerprint density at radius 1 is 1.13 bits per heavy atom. The third-order valence-electron chi connectivity index (χ3n) is 6.66. The van der Waals surface area contributed by atoms with E-state index in [4.69, 9.17) is 16.6 Å². The SMILES string of the molecule is Bc1cnn2c(NCC3CCCN(S(=O)(=O)c4ccccc4C(F)(F)F)C3)cc(-c3ccccc3Cl)nc12. The molecule has 1 atom stereocenters. The van der Waals surface area contributed by atoms with Gasteiger partial charge in [0.2, 0.25) is 10.0 Å². The summed E-state index contributed by atoms with van der Waals surface area (Å²) in [5.74, 6) is 0.528. The van der Waals surface area contributed by atoms with Crippen LogP contribution in [0.5, 0.6) is 0 Å². The lowest BCUT2D eigenvalue weighted by molar-refractivity contribution is -0.139. The number of halogens is 4. The van der Waals surface area contributed by atoms with Crippen molar-refractivity contribution in [2.45, 2.75) is 23.9 Å². The van der Waals surface area contributed by atoms with Crippen LogP contribution in [0.15, 0.2) is 65.7 Å². The molecule has 0 radical (unpaired) electrons. The van der Waals surface area contributed by atoms with E-state index < -0.39 is 26.7 Å². The molecule has 3 heterocycles. The molecule has 1 aliphatic rings. The number of alkyl halides is 3. The van der Waals surface area contributed by atoms with Gasteiger partial charge in [0.15, 0.2) is 5.65 Å². The lowest BCUT2D eigenvalue weighted by Crippen LogP contribution is -2.42. The number of benzene rings is 2. The average Bonchev–Trinajstić information content (AvgIpc) is 3.28. The molecule has 0 spiro atoms. The Hall–Kier alpha value is -3.09. The van der Waals surface area contributed by atoms with E-state index in [0.717, 1.165) is 33.9 Å². The number of hydrogen-bond acceptors (Lipinski definition) is 5. The predicted octanol–water partition coefficient (Wildman–Crippen LogP) is 3.84. The number of anilines is 1. The van der Waals surface area contributed by atoms with Crippen LogP contribution in [0, 0.1) is 5.92 Å². The first-order valence-electron chi connectivity index (χ1n) is 12.1. The number of hydrogen-bond donors (Lipinski definition) is 1. The van der Waals surface area contributed by atoms with Crippen molar-refractivity contribution in [1.82, 2.24) is 18.9 Å². The lowest BCUT2D eigenvalue weighted by Gasteiger charge is -2.32. The number of rotatable bonds is 6. The standard InChI is InChI=1S/C25H24BClF3N5O2S/c26-19-14-32-35-23(12-21(33-24(19)35)17-7-1-3-9-20(17)27)31-13-16-6-5-11-34(15-16)38(36,37)22-10-4-2-8-18(22)25(28,29)30/h1-4,7-10,12,14,16,31H,5-6,11,13,15,26H2. The smallest absolute Gasteiger partial charge is 0.370 e. The maximum absolute atomic E-state index is 13.5. The molecular formula is C25H24BClF3N5O2S. The Labute approximate surface area is 224 Å². The van der Waals surface area contributed by atoms with Crippen LogP contribution in [0.3, 0.4) is 0 Å². The molecule has 2 aromatic heterocycles. The van der Waals surface area contributed by atoms with Gasteiger partial charge in [-0.1, -0.05) is 41.9 Å². The summed E-state index contributed by atoms with van der Waals surface area (Å²) in [5, 5.41) is 8.33. The van der Waals surface area contributed by atoms with E-state index in [1.807, 2.05) is 32.1 Å². The van der Waals surface area contributed by atoms with Crippen molar-refractivity contribution in [3.05, 3.63) is 71.4 Å². The zero-order valence-electron chi connectivity index (χ0n) is 20.4. The molecule has 0 bridgehead atoms. The van der Waals surface area contributed by atoms with Crippen LogP contribution in [-0.4, -0.2) is 54.8 Å². The van der Waals surface area contributed by atoms with Gasteiger partial charge < -0.3 is 5.32 Å². The molecule has 4 aromatic rings. The van der Waals surface area contributed by atoms with E-state index in [1.165, 1.54) is 12.1 Å². The second-order valence-corrected chi connectivity index (χ2v) is 11.6. The van der Waals surface area contributed by atoms with Gasteiger partial charge in [0.1, 0.15) is 13.7 Å². The van der Waals surface area contributed by atoms with E-state index in [2.05, 4.69) is 10.4 Å². The number of nitrogens with one attached hydrogen (secondary N) is 1. The van der Waals surface area contributed by atoms with Crippen molar-refractivity contribution in [3.63, 3.8) is 0 Å². The van der Waals surface area contributed by atoms with Crippen LogP contribution < -0.4 is 10.8 Å². The van der Waals surface area contributed by atoms with Crippen LogP contribution in [0.4, 0.5) is 19.0 Å². The number of nitrogens with zero attached hydrogens (tertiary/aromatic N) is 4. The second kappa shape index (κ2) is 10.2. The third-order valence-corrected chi connectivity index (χ3v) is 8.91. The molecule has 1 fully saturated rings. The normalized spacial score (nSPS) is 17.1. The zero-order valence-corrected chi connectivity index (χ0v) is 22.0. The van der Waals surface area contributed by atoms with Gasteiger partial charge in [0, 0.05) is 42.5 Å². The number of fused-ring (bicyclic) bond motifs is 1. The van der Waals surface area contributed by atoms with Crippen LogP contribution in [-0.2, 0) is 16.2 Å². The second-order valence-electron chi connectivity index (χ2n) is 9.32. The number of sulfonamides is 1. The molecule has 5 rings (SSSR count). The molecule has 38 heavy (non-hydrogen) atoms. The molecule has 0 aliphatic carbocycles. The number of aromatic nitrogens is 3. The molecule has 0 amide bonds. The zero-order chi connectivity index (χ0) is 27.1. The van der Waals surface area contributed by atoms with Crippen molar-refractivity contribution in [1.29, 1.82) is 0 Å². The van der Waals surface area contributed by atoms with Gasteiger partial charge in [-0.3, -0.25) is 0 Å². The lowest BCUT2D eigenvalue weighted by atomic mass is 9.99. The minimum atomic E-state index is -4.77. The van der Waals surface area contributed by atoms with Crippen LogP contribution in [0.1, 0.15) is 18.4 Å². The van der Waals surface area contributed by atoms with Crippen LogP contribution in [0.2, 0.25) is 5.02 Å². The van der Waals surface area contributed by atoms with E-state index >= 15 is 0 Å². The van der Waals surface area contributed by atoms with E-state index in [1.54, 1.807) is 16.8 Å². The molecule has 2 aromatic carbocycles. The largest absolute Gasteiger partial charge is 0.417 e. The highest BCUT2D eigenvalue weighted by atomic mass is 35.5. The molecule has 7 nitrogen and oxygen atoms in total. The first-order chi connectivity index (χ1) is 18.1. The Morgan fingerprint density at radius 2 is 1.87 bits per heavy atom. The summed E-state index contributed by atoms with van der Waals surface area (Å²) in [6.07, 6.45) is -1.80. The first kappa shape index (κ1) is 26.5. The summed E-state index contributed by atoms with van der Waals surface area (Å²) in [6.45, 7) is 0.664. The van der Waals surface area contributed by atoms with Crippen molar-refractivity contribution < 1.29 is 21.6 Å². The number of piperidine rings is 1. The van der Waals surface area contributed by atoms with Crippen molar-refractivity contribution in [2.24, 2.45) is 5.92 Å². The summed E-state index contributed by atoms with van der Waals surface area (Å²) >= 11 is 6.41. The fraction of sp³-hybridized carbons (Fsp3) is 0.280. The first-order valence-corrected chi connectivity index (χ1v) is 13.9. The quantitative estimate of drug-likeness (QED) is 0.362. The third kappa shape index (κ3) is 5.12. The van der Waals surface area contributed by atoms with Gasteiger partial charge in [-0.25, -0.2) is 13.4 Å². The van der Waals surface area contributed by atoms with Gasteiger partial charge in [-0.2, -0.15) is 27.1 Å². The summed E-state index contributed by atoms with van der Waals surface area (Å²) in [5.41, 5.74) is 1.80. The van der Waals surface area contributed by atoms with E-state index in [-0.39, 0.29) is 19.0 Å². The van der Waals surface area contributed by atoms with E-state index in [9.17, 15) is 21.6 Å². The average molecular weight is 562 g/mol. The molecule has 1 aliphatic heterocycles.